The third-order valence-corrected chi connectivity index (χ3v) is 6.19. The number of sulfonamides is 1. The van der Waals surface area contributed by atoms with Gasteiger partial charge in [0.15, 0.2) is 5.03 Å². The van der Waals surface area contributed by atoms with Crippen molar-refractivity contribution in [2.24, 2.45) is 0 Å². The van der Waals surface area contributed by atoms with Crippen molar-refractivity contribution in [1.82, 2.24) is 9.97 Å². The average molecular weight is 344 g/mol. The van der Waals surface area contributed by atoms with Crippen LogP contribution in [0.25, 0.3) is 10.9 Å². The van der Waals surface area contributed by atoms with E-state index in [1.165, 1.54) is 11.3 Å². The van der Waals surface area contributed by atoms with Crippen LogP contribution in [0, 0.1) is 11.3 Å². The molecule has 2 aromatic heterocycles. The normalized spacial score (nSPS) is 14.7. The number of aromatic amines is 1. The van der Waals surface area contributed by atoms with Crippen molar-refractivity contribution >= 4 is 38.0 Å². The van der Waals surface area contributed by atoms with Gasteiger partial charge in [-0.3, -0.25) is 4.72 Å². The molecule has 3 aromatic rings. The van der Waals surface area contributed by atoms with Gasteiger partial charge in [0, 0.05) is 22.9 Å². The van der Waals surface area contributed by atoms with Gasteiger partial charge in [-0.25, -0.2) is 4.98 Å². The summed E-state index contributed by atoms with van der Waals surface area (Å²) in [4.78, 5) is 7.19. The zero-order valence-corrected chi connectivity index (χ0v) is 13.5. The lowest BCUT2D eigenvalue weighted by atomic mass is 10.2. The molecule has 116 valence electrons. The highest BCUT2D eigenvalue weighted by Crippen LogP contribution is 2.42. The summed E-state index contributed by atoms with van der Waals surface area (Å²) in [5.74, 6) is 0.425. The fraction of sp³-hybridized carbons (Fsp3) is 0.200. The Morgan fingerprint density at radius 1 is 1.39 bits per heavy atom. The van der Waals surface area contributed by atoms with Crippen molar-refractivity contribution in [3.63, 3.8) is 0 Å². The van der Waals surface area contributed by atoms with E-state index in [2.05, 4.69) is 20.8 Å². The maximum Gasteiger partial charge on any atom is 0.280 e. The van der Waals surface area contributed by atoms with Crippen LogP contribution in [0.5, 0.6) is 0 Å². The van der Waals surface area contributed by atoms with Gasteiger partial charge in [-0.05, 0) is 18.9 Å². The maximum absolute atomic E-state index is 12.5. The minimum Gasteiger partial charge on any atom is -0.358 e. The van der Waals surface area contributed by atoms with Crippen LogP contribution in [0.1, 0.15) is 29.3 Å². The molecule has 1 saturated carbocycles. The summed E-state index contributed by atoms with van der Waals surface area (Å²) in [6, 6.07) is 7.22. The quantitative estimate of drug-likeness (QED) is 0.759. The minimum absolute atomic E-state index is 0.0495. The number of nitriles is 1. The highest BCUT2D eigenvalue weighted by atomic mass is 32.2. The van der Waals surface area contributed by atoms with E-state index in [0.717, 1.165) is 17.8 Å². The van der Waals surface area contributed by atoms with Crippen molar-refractivity contribution < 1.29 is 8.42 Å². The number of nitrogens with zero attached hydrogens (tertiary/aromatic N) is 2. The number of anilines is 1. The van der Waals surface area contributed by atoms with Gasteiger partial charge >= 0.3 is 0 Å². The van der Waals surface area contributed by atoms with Crippen molar-refractivity contribution in [3.8, 4) is 6.07 Å². The van der Waals surface area contributed by atoms with Crippen LogP contribution in [0.2, 0.25) is 0 Å². The number of thiazole rings is 1. The monoisotopic (exact) mass is 344 g/mol. The largest absolute Gasteiger partial charge is 0.358 e. The molecule has 0 unspecified atom stereocenters. The topological polar surface area (TPSA) is 98.6 Å². The predicted molar refractivity (Wildman–Crippen MR) is 87.9 cm³/mol. The first-order chi connectivity index (χ1) is 11.1. The Hall–Kier alpha value is -2.37. The molecule has 2 heterocycles. The van der Waals surface area contributed by atoms with E-state index in [9.17, 15) is 8.42 Å². The predicted octanol–water partition coefficient (Wildman–Crippen LogP) is 3.17. The second kappa shape index (κ2) is 5.08. The van der Waals surface area contributed by atoms with Gasteiger partial charge in [-0.2, -0.15) is 13.7 Å². The van der Waals surface area contributed by atoms with Gasteiger partial charge in [-0.15, -0.1) is 11.3 Å². The summed E-state index contributed by atoms with van der Waals surface area (Å²) in [6.07, 6.45) is 3.73. The Morgan fingerprint density at radius 3 is 2.96 bits per heavy atom. The molecular formula is C15H12N4O2S2. The number of rotatable bonds is 4. The molecule has 0 amide bonds. The van der Waals surface area contributed by atoms with E-state index in [0.29, 0.717) is 28.1 Å². The molecule has 1 aromatic carbocycles. The van der Waals surface area contributed by atoms with E-state index in [1.807, 2.05) is 0 Å². The molecule has 0 saturated heterocycles. The molecular weight excluding hydrogens is 332 g/mol. The first kappa shape index (κ1) is 14.2. The molecule has 1 aliphatic rings. The molecule has 1 fully saturated rings. The Labute approximate surface area is 136 Å². The van der Waals surface area contributed by atoms with Crippen LogP contribution < -0.4 is 4.72 Å². The third-order valence-electron chi connectivity index (χ3n) is 3.78. The van der Waals surface area contributed by atoms with Crippen LogP contribution in [0.4, 0.5) is 5.69 Å². The second-order valence-electron chi connectivity index (χ2n) is 5.45. The fourth-order valence-electron chi connectivity index (χ4n) is 2.44. The van der Waals surface area contributed by atoms with Gasteiger partial charge in [0.1, 0.15) is 6.07 Å². The maximum atomic E-state index is 12.5. The standard InChI is InChI=1S/C15H12N4O2S2/c16-6-10-7-17-14-11(10)2-1-3-12(14)19-23(20,21)13-8-22-15(18-13)9-4-5-9/h1-3,7-9,17,19H,4-5H2. The van der Waals surface area contributed by atoms with Crippen molar-refractivity contribution in [2.45, 2.75) is 23.8 Å². The Bertz CT molecular complexity index is 1040. The van der Waals surface area contributed by atoms with Crippen LogP contribution >= 0.6 is 11.3 Å². The summed E-state index contributed by atoms with van der Waals surface area (Å²) in [7, 11) is -3.74. The highest BCUT2D eigenvalue weighted by Gasteiger charge is 2.29. The number of nitrogens with one attached hydrogen (secondary N) is 2. The van der Waals surface area contributed by atoms with Crippen molar-refractivity contribution in [3.05, 3.63) is 40.3 Å². The minimum atomic E-state index is -3.74. The molecule has 1 aliphatic carbocycles. The summed E-state index contributed by atoms with van der Waals surface area (Å²) >= 11 is 1.39. The summed E-state index contributed by atoms with van der Waals surface area (Å²) in [6.45, 7) is 0. The van der Waals surface area contributed by atoms with Gasteiger partial charge in [0.05, 0.1) is 21.8 Å². The SMILES string of the molecule is N#Cc1c[nH]c2c(NS(=O)(=O)c3csc(C4CC4)n3)cccc12. The second-order valence-corrected chi connectivity index (χ2v) is 7.96. The van der Waals surface area contributed by atoms with Crippen molar-refractivity contribution in [1.29, 1.82) is 5.26 Å². The first-order valence-electron chi connectivity index (χ1n) is 7.07. The lowest BCUT2D eigenvalue weighted by Gasteiger charge is -2.07. The molecule has 2 N–H and O–H groups in total. The molecule has 6 nitrogen and oxygen atoms in total. The van der Waals surface area contributed by atoms with E-state index in [4.69, 9.17) is 5.26 Å². The van der Waals surface area contributed by atoms with Gasteiger partial charge in [-0.1, -0.05) is 12.1 Å². The van der Waals surface area contributed by atoms with Crippen LogP contribution in [-0.4, -0.2) is 18.4 Å². The molecule has 0 bridgehead atoms. The molecule has 0 spiro atoms. The van der Waals surface area contributed by atoms with Crippen LogP contribution in [0.15, 0.2) is 34.8 Å². The van der Waals surface area contributed by atoms with Crippen molar-refractivity contribution in [2.75, 3.05) is 4.72 Å². The van der Waals surface area contributed by atoms with E-state index in [-0.39, 0.29) is 5.03 Å². The summed E-state index contributed by atoms with van der Waals surface area (Å²) in [5, 5.41) is 12.3. The first-order valence-corrected chi connectivity index (χ1v) is 9.43. The molecule has 0 aliphatic heterocycles. The summed E-state index contributed by atoms with van der Waals surface area (Å²) in [5.41, 5.74) is 1.47. The Balaban J connectivity index is 1.71. The van der Waals surface area contributed by atoms with E-state index < -0.39 is 10.0 Å². The number of hydrogen-bond acceptors (Lipinski definition) is 5. The average Bonchev–Trinajstić information content (AvgIpc) is 3.10. The lowest BCUT2D eigenvalue weighted by molar-refractivity contribution is 0.598. The lowest BCUT2D eigenvalue weighted by Crippen LogP contribution is -2.13. The van der Waals surface area contributed by atoms with Crippen LogP contribution in [0.3, 0.4) is 0 Å². The van der Waals surface area contributed by atoms with Gasteiger partial charge < -0.3 is 4.98 Å². The molecule has 0 radical (unpaired) electrons. The molecule has 0 atom stereocenters. The van der Waals surface area contributed by atoms with E-state index in [1.54, 1.807) is 29.8 Å². The van der Waals surface area contributed by atoms with E-state index >= 15 is 0 Å². The number of hydrogen-bond donors (Lipinski definition) is 2. The zero-order valence-electron chi connectivity index (χ0n) is 11.9. The molecule has 8 heteroatoms. The fourth-order valence-corrected chi connectivity index (χ4v) is 4.79. The highest BCUT2D eigenvalue weighted by molar-refractivity contribution is 7.92. The number of H-pyrrole nitrogens is 1. The van der Waals surface area contributed by atoms with Crippen LogP contribution in [-0.2, 0) is 10.0 Å². The summed E-state index contributed by atoms with van der Waals surface area (Å²) < 4.78 is 27.6. The Morgan fingerprint density at radius 2 is 2.22 bits per heavy atom. The number of aromatic nitrogens is 2. The number of fused-ring (bicyclic) bond motifs is 1. The molecule has 4 rings (SSSR count). The number of para-hydroxylation sites is 1. The molecule has 23 heavy (non-hydrogen) atoms. The number of benzene rings is 1. The van der Waals surface area contributed by atoms with Gasteiger partial charge in [0.25, 0.3) is 10.0 Å². The third kappa shape index (κ3) is 2.48. The van der Waals surface area contributed by atoms with Gasteiger partial charge in [0.2, 0.25) is 0 Å². The Kier molecular flexibility index (Phi) is 3.14. The smallest absolute Gasteiger partial charge is 0.280 e. The zero-order chi connectivity index (χ0) is 16.0.